The number of amides is 1. The number of hydrogen-bond donors (Lipinski definition) is 1. The van der Waals surface area contributed by atoms with E-state index >= 15 is 0 Å². The van der Waals surface area contributed by atoms with E-state index in [0.717, 1.165) is 0 Å². The Labute approximate surface area is 125 Å². The number of alkyl halides is 2. The van der Waals surface area contributed by atoms with Crippen LogP contribution in [0.1, 0.15) is 19.8 Å². The fourth-order valence-electron chi connectivity index (χ4n) is 1.44. The molecule has 1 aromatic carbocycles. The second kappa shape index (κ2) is 8.41. The molecule has 0 aliphatic carbocycles. The van der Waals surface area contributed by atoms with Crippen molar-refractivity contribution in [1.82, 2.24) is 0 Å². The van der Waals surface area contributed by atoms with Gasteiger partial charge in [0.15, 0.2) is 0 Å². The van der Waals surface area contributed by atoms with E-state index in [1.807, 2.05) is 0 Å². The van der Waals surface area contributed by atoms with E-state index in [-0.39, 0.29) is 30.2 Å². The number of rotatable bonds is 7. The standard InChI is InChI=1S/C13H14ClF2NO4/c1-2-20-12(19)6-5-11(18)17-8-3-4-10(9(14)7-8)21-13(15)16/h3-4,7,13H,2,5-6H2,1H3,(H,17,18). The number of anilines is 1. The van der Waals surface area contributed by atoms with Crippen LogP contribution in [0, 0.1) is 0 Å². The molecule has 0 aromatic heterocycles. The molecule has 0 unspecified atom stereocenters. The summed E-state index contributed by atoms with van der Waals surface area (Å²) in [5, 5.41) is 2.43. The molecule has 116 valence electrons. The van der Waals surface area contributed by atoms with Gasteiger partial charge in [0.1, 0.15) is 5.75 Å². The lowest BCUT2D eigenvalue weighted by molar-refractivity contribution is -0.144. The second-order valence-corrected chi connectivity index (χ2v) is 4.28. The van der Waals surface area contributed by atoms with Crippen molar-refractivity contribution in [2.24, 2.45) is 0 Å². The topological polar surface area (TPSA) is 64.6 Å². The third-order valence-corrected chi connectivity index (χ3v) is 2.59. The van der Waals surface area contributed by atoms with Gasteiger partial charge in [-0.25, -0.2) is 0 Å². The number of carbonyl (C=O) groups is 2. The van der Waals surface area contributed by atoms with E-state index < -0.39 is 18.5 Å². The van der Waals surface area contributed by atoms with Gasteiger partial charge in [0.25, 0.3) is 0 Å². The summed E-state index contributed by atoms with van der Waals surface area (Å²) in [6.07, 6.45) is -0.0915. The van der Waals surface area contributed by atoms with Crippen LogP contribution in [0.25, 0.3) is 0 Å². The van der Waals surface area contributed by atoms with Gasteiger partial charge in [-0.05, 0) is 25.1 Å². The second-order valence-electron chi connectivity index (χ2n) is 3.88. The molecule has 8 heteroatoms. The van der Waals surface area contributed by atoms with Gasteiger partial charge in [0.05, 0.1) is 18.1 Å². The van der Waals surface area contributed by atoms with Crippen molar-refractivity contribution < 1.29 is 27.8 Å². The smallest absolute Gasteiger partial charge is 0.387 e. The zero-order valence-corrected chi connectivity index (χ0v) is 12.0. The molecule has 0 aliphatic rings. The van der Waals surface area contributed by atoms with Crippen LogP contribution in [0.2, 0.25) is 5.02 Å². The lowest BCUT2D eigenvalue weighted by Crippen LogP contribution is -2.14. The van der Waals surface area contributed by atoms with E-state index in [2.05, 4.69) is 14.8 Å². The Kier molecular flexibility index (Phi) is 6.87. The minimum atomic E-state index is -2.98. The van der Waals surface area contributed by atoms with Gasteiger partial charge in [-0.1, -0.05) is 11.6 Å². The largest absolute Gasteiger partial charge is 0.466 e. The average Bonchev–Trinajstić information content (AvgIpc) is 2.39. The van der Waals surface area contributed by atoms with Crippen molar-refractivity contribution in [3.63, 3.8) is 0 Å². The highest BCUT2D eigenvalue weighted by Crippen LogP contribution is 2.28. The highest BCUT2D eigenvalue weighted by atomic mass is 35.5. The quantitative estimate of drug-likeness (QED) is 0.783. The molecule has 0 aliphatic heterocycles. The summed E-state index contributed by atoms with van der Waals surface area (Å²) in [6, 6.07) is 3.86. The van der Waals surface area contributed by atoms with Crippen LogP contribution >= 0.6 is 11.6 Å². The summed E-state index contributed by atoms with van der Waals surface area (Å²) in [5.41, 5.74) is 0.315. The predicted octanol–water partition coefficient (Wildman–Crippen LogP) is 3.22. The monoisotopic (exact) mass is 321 g/mol. The minimum absolute atomic E-state index is 0.0417. The summed E-state index contributed by atoms with van der Waals surface area (Å²) in [7, 11) is 0. The average molecular weight is 322 g/mol. The first-order valence-electron chi connectivity index (χ1n) is 6.12. The number of esters is 1. The Bertz CT molecular complexity index is 511. The van der Waals surface area contributed by atoms with Gasteiger partial charge >= 0.3 is 12.6 Å². The van der Waals surface area contributed by atoms with E-state index in [4.69, 9.17) is 11.6 Å². The number of nitrogens with one attached hydrogen (secondary N) is 1. The lowest BCUT2D eigenvalue weighted by Gasteiger charge is -2.09. The molecule has 0 bridgehead atoms. The highest BCUT2D eigenvalue weighted by Gasteiger charge is 2.11. The van der Waals surface area contributed by atoms with E-state index in [1.54, 1.807) is 6.92 Å². The first-order chi connectivity index (χ1) is 9.92. The van der Waals surface area contributed by atoms with Crippen molar-refractivity contribution in [1.29, 1.82) is 0 Å². The third-order valence-electron chi connectivity index (χ3n) is 2.29. The van der Waals surface area contributed by atoms with Gasteiger partial charge in [0, 0.05) is 12.1 Å². The maximum absolute atomic E-state index is 12.1. The van der Waals surface area contributed by atoms with Gasteiger partial charge in [-0.2, -0.15) is 8.78 Å². The zero-order valence-electron chi connectivity index (χ0n) is 11.2. The normalized spacial score (nSPS) is 10.3. The fraction of sp³-hybridized carbons (Fsp3) is 0.385. The molecular formula is C13H14ClF2NO4. The van der Waals surface area contributed by atoms with Crippen molar-refractivity contribution in [3.8, 4) is 5.75 Å². The molecule has 0 heterocycles. The minimum Gasteiger partial charge on any atom is -0.466 e. The first-order valence-corrected chi connectivity index (χ1v) is 6.50. The molecule has 0 fully saturated rings. The Hall–Kier alpha value is -1.89. The maximum atomic E-state index is 12.1. The summed E-state index contributed by atoms with van der Waals surface area (Å²) < 4.78 is 33.0. The number of hydrogen-bond acceptors (Lipinski definition) is 4. The van der Waals surface area contributed by atoms with Crippen LogP contribution in [0.5, 0.6) is 5.75 Å². The molecule has 21 heavy (non-hydrogen) atoms. The molecule has 0 atom stereocenters. The molecule has 5 nitrogen and oxygen atoms in total. The van der Waals surface area contributed by atoms with Gasteiger partial charge in [-0.15, -0.1) is 0 Å². The predicted molar refractivity (Wildman–Crippen MR) is 72.6 cm³/mol. The van der Waals surface area contributed by atoms with Gasteiger partial charge in [0.2, 0.25) is 5.91 Å². The number of benzene rings is 1. The zero-order chi connectivity index (χ0) is 15.8. The molecular weight excluding hydrogens is 308 g/mol. The van der Waals surface area contributed by atoms with Crippen molar-refractivity contribution in [3.05, 3.63) is 23.2 Å². The Balaban J connectivity index is 2.53. The fourth-order valence-corrected chi connectivity index (χ4v) is 1.67. The third kappa shape index (κ3) is 6.40. The summed E-state index contributed by atoms with van der Waals surface area (Å²) >= 11 is 5.74. The van der Waals surface area contributed by atoms with Crippen LogP contribution in [0.4, 0.5) is 14.5 Å². The van der Waals surface area contributed by atoms with Crippen LogP contribution in [-0.2, 0) is 14.3 Å². The lowest BCUT2D eigenvalue weighted by atomic mass is 10.2. The summed E-state index contributed by atoms with van der Waals surface area (Å²) in [5.74, 6) is -1.07. The van der Waals surface area contributed by atoms with Crippen LogP contribution in [-0.4, -0.2) is 25.1 Å². The first kappa shape index (κ1) is 17.2. The summed E-state index contributed by atoms with van der Waals surface area (Å²) in [4.78, 5) is 22.7. The van der Waals surface area contributed by atoms with Crippen molar-refractivity contribution >= 4 is 29.2 Å². The van der Waals surface area contributed by atoms with E-state index in [0.29, 0.717) is 5.69 Å². The molecule has 1 rings (SSSR count). The molecule has 0 saturated heterocycles. The molecule has 1 amide bonds. The van der Waals surface area contributed by atoms with Gasteiger partial charge < -0.3 is 14.8 Å². The maximum Gasteiger partial charge on any atom is 0.387 e. The number of ether oxygens (including phenoxy) is 2. The molecule has 0 radical (unpaired) electrons. The van der Waals surface area contributed by atoms with Crippen LogP contribution in [0.15, 0.2) is 18.2 Å². The Morgan fingerprint density at radius 3 is 2.62 bits per heavy atom. The molecule has 1 aromatic rings. The molecule has 0 spiro atoms. The summed E-state index contributed by atoms with van der Waals surface area (Å²) in [6.45, 7) is -1.06. The molecule has 0 saturated carbocycles. The number of halogens is 3. The van der Waals surface area contributed by atoms with Crippen molar-refractivity contribution in [2.45, 2.75) is 26.4 Å². The van der Waals surface area contributed by atoms with E-state index in [9.17, 15) is 18.4 Å². The molecule has 1 N–H and O–H groups in total. The van der Waals surface area contributed by atoms with Crippen molar-refractivity contribution in [2.75, 3.05) is 11.9 Å². The SMILES string of the molecule is CCOC(=O)CCC(=O)Nc1ccc(OC(F)F)c(Cl)c1. The Morgan fingerprint density at radius 1 is 1.33 bits per heavy atom. The van der Waals surface area contributed by atoms with E-state index in [1.165, 1.54) is 18.2 Å². The number of carbonyl (C=O) groups excluding carboxylic acids is 2. The Morgan fingerprint density at radius 2 is 2.05 bits per heavy atom. The van der Waals surface area contributed by atoms with Gasteiger partial charge in [-0.3, -0.25) is 9.59 Å². The van der Waals surface area contributed by atoms with Crippen LogP contribution in [0.3, 0.4) is 0 Å². The van der Waals surface area contributed by atoms with Crippen LogP contribution < -0.4 is 10.1 Å². The highest BCUT2D eigenvalue weighted by molar-refractivity contribution is 6.32.